The molecule has 0 aliphatic carbocycles. The summed E-state index contributed by atoms with van der Waals surface area (Å²) < 4.78 is 21.4. The summed E-state index contributed by atoms with van der Waals surface area (Å²) in [6, 6.07) is 13.9. The summed E-state index contributed by atoms with van der Waals surface area (Å²) in [5.74, 6) is 1.76. The lowest BCUT2D eigenvalue weighted by molar-refractivity contribution is 0.0453. The Balaban J connectivity index is 1.82. The molecule has 0 radical (unpaired) electrons. The maximum atomic E-state index is 6.01. The van der Waals surface area contributed by atoms with Crippen LogP contribution in [0, 0.1) is 0 Å². The van der Waals surface area contributed by atoms with Crippen LogP contribution in [0.1, 0.15) is 23.6 Å². The number of hydrogen-bond donors (Lipinski definition) is 2. The van der Waals surface area contributed by atoms with Crippen molar-refractivity contribution in [2.75, 3.05) is 34.0 Å². The first-order valence-electron chi connectivity index (χ1n) is 9.64. The van der Waals surface area contributed by atoms with Gasteiger partial charge in [0.1, 0.15) is 0 Å². The first-order chi connectivity index (χ1) is 14.2. The normalized spacial score (nSPS) is 11.3. The predicted octanol–water partition coefficient (Wildman–Crippen LogP) is 2.86. The van der Waals surface area contributed by atoms with Crippen LogP contribution in [0.5, 0.6) is 11.5 Å². The zero-order chi connectivity index (χ0) is 20.9. The molecular formula is C22H31N3O4. The summed E-state index contributed by atoms with van der Waals surface area (Å²) in [6.07, 6.45) is 0. The van der Waals surface area contributed by atoms with Crippen molar-refractivity contribution < 1.29 is 18.9 Å². The fraction of sp³-hybridized carbons (Fsp3) is 0.409. The molecule has 0 aliphatic heterocycles. The zero-order valence-corrected chi connectivity index (χ0v) is 17.4. The van der Waals surface area contributed by atoms with Gasteiger partial charge in [0.05, 0.1) is 40.6 Å². The van der Waals surface area contributed by atoms with Gasteiger partial charge in [-0.15, -0.1) is 0 Å². The van der Waals surface area contributed by atoms with Crippen molar-refractivity contribution in [2.24, 2.45) is 10.7 Å². The first-order valence-corrected chi connectivity index (χ1v) is 9.64. The lowest BCUT2D eigenvalue weighted by Crippen LogP contribution is -2.31. The summed E-state index contributed by atoms with van der Waals surface area (Å²) in [4.78, 5) is 4.41. The molecule has 0 saturated heterocycles. The third-order valence-electron chi connectivity index (χ3n) is 4.19. The number of rotatable bonds is 12. The van der Waals surface area contributed by atoms with Crippen LogP contribution in [0.3, 0.4) is 0 Å². The van der Waals surface area contributed by atoms with Crippen molar-refractivity contribution in [1.82, 2.24) is 5.32 Å². The van der Waals surface area contributed by atoms with Gasteiger partial charge in [0, 0.05) is 13.2 Å². The van der Waals surface area contributed by atoms with E-state index in [0.29, 0.717) is 57.0 Å². The molecule has 0 aromatic heterocycles. The smallest absolute Gasteiger partial charge is 0.189 e. The third-order valence-corrected chi connectivity index (χ3v) is 4.19. The number of guanidine groups is 1. The molecule has 158 valence electrons. The van der Waals surface area contributed by atoms with E-state index >= 15 is 0 Å². The SMILES string of the molecule is CCOCCOCc1cccc(CN=C(N)NCc2ccc(OC)c(OC)c2)c1. The molecule has 0 saturated carbocycles. The van der Waals surface area contributed by atoms with E-state index in [0.717, 1.165) is 16.7 Å². The van der Waals surface area contributed by atoms with Gasteiger partial charge in [-0.25, -0.2) is 4.99 Å². The Morgan fingerprint density at radius 3 is 2.45 bits per heavy atom. The van der Waals surface area contributed by atoms with E-state index < -0.39 is 0 Å². The molecule has 0 atom stereocenters. The highest BCUT2D eigenvalue weighted by Crippen LogP contribution is 2.27. The van der Waals surface area contributed by atoms with Crippen molar-refractivity contribution in [3.63, 3.8) is 0 Å². The highest BCUT2D eigenvalue weighted by Gasteiger charge is 2.04. The van der Waals surface area contributed by atoms with Crippen molar-refractivity contribution >= 4 is 5.96 Å². The van der Waals surface area contributed by atoms with Crippen LogP contribution in [0.15, 0.2) is 47.5 Å². The fourth-order valence-electron chi connectivity index (χ4n) is 2.69. The first kappa shape index (κ1) is 22.5. The quantitative estimate of drug-likeness (QED) is 0.323. The van der Waals surface area contributed by atoms with Crippen LogP contribution in [0.25, 0.3) is 0 Å². The Kier molecular flexibility index (Phi) is 9.82. The Hall–Kier alpha value is -2.77. The van der Waals surface area contributed by atoms with Crippen LogP contribution >= 0.6 is 0 Å². The molecule has 7 nitrogen and oxygen atoms in total. The minimum atomic E-state index is 0.387. The highest BCUT2D eigenvalue weighted by atomic mass is 16.5. The van der Waals surface area contributed by atoms with Crippen LogP contribution in [-0.4, -0.2) is 40.0 Å². The van der Waals surface area contributed by atoms with E-state index in [4.69, 9.17) is 24.7 Å². The largest absolute Gasteiger partial charge is 0.493 e. The van der Waals surface area contributed by atoms with Gasteiger partial charge in [-0.05, 0) is 35.7 Å². The summed E-state index contributed by atoms with van der Waals surface area (Å²) in [7, 11) is 3.23. The molecule has 3 N–H and O–H groups in total. The predicted molar refractivity (Wildman–Crippen MR) is 114 cm³/mol. The molecule has 0 fully saturated rings. The maximum absolute atomic E-state index is 6.01. The Labute approximate surface area is 172 Å². The molecule has 2 rings (SSSR count). The Morgan fingerprint density at radius 2 is 1.69 bits per heavy atom. The van der Waals surface area contributed by atoms with Crippen molar-refractivity contribution in [1.29, 1.82) is 0 Å². The summed E-state index contributed by atoms with van der Waals surface area (Å²) >= 11 is 0. The van der Waals surface area contributed by atoms with E-state index in [1.807, 2.05) is 43.3 Å². The van der Waals surface area contributed by atoms with Crippen molar-refractivity contribution in [2.45, 2.75) is 26.6 Å². The number of benzene rings is 2. The third kappa shape index (κ3) is 8.01. The second kappa shape index (κ2) is 12.6. The second-order valence-corrected chi connectivity index (χ2v) is 6.31. The number of hydrogen-bond acceptors (Lipinski definition) is 5. The lowest BCUT2D eigenvalue weighted by Gasteiger charge is -2.11. The van der Waals surface area contributed by atoms with E-state index in [9.17, 15) is 0 Å². The lowest BCUT2D eigenvalue weighted by atomic mass is 10.1. The second-order valence-electron chi connectivity index (χ2n) is 6.31. The number of methoxy groups -OCH3 is 2. The van der Waals surface area contributed by atoms with Crippen molar-refractivity contribution in [3.8, 4) is 11.5 Å². The summed E-state index contributed by atoms with van der Waals surface area (Å²) in [5, 5.41) is 3.12. The number of aliphatic imine (C=N–C) groups is 1. The molecule has 0 aliphatic rings. The highest BCUT2D eigenvalue weighted by molar-refractivity contribution is 5.77. The molecule has 0 spiro atoms. The number of ether oxygens (including phenoxy) is 4. The van der Waals surface area contributed by atoms with Gasteiger partial charge in [-0.2, -0.15) is 0 Å². The van der Waals surface area contributed by atoms with Gasteiger partial charge < -0.3 is 30.0 Å². The van der Waals surface area contributed by atoms with Crippen LogP contribution in [0.2, 0.25) is 0 Å². The Morgan fingerprint density at radius 1 is 0.931 bits per heavy atom. The van der Waals surface area contributed by atoms with E-state index in [1.54, 1.807) is 14.2 Å². The molecular weight excluding hydrogens is 370 g/mol. The minimum Gasteiger partial charge on any atom is -0.493 e. The number of nitrogens with zero attached hydrogens (tertiary/aromatic N) is 1. The van der Waals surface area contributed by atoms with Gasteiger partial charge in [0.25, 0.3) is 0 Å². The summed E-state index contributed by atoms with van der Waals surface area (Å²) in [6.45, 7) is 5.47. The molecule has 2 aromatic rings. The van der Waals surface area contributed by atoms with Crippen LogP contribution < -0.4 is 20.5 Å². The minimum absolute atomic E-state index is 0.387. The molecule has 0 unspecified atom stereocenters. The van der Waals surface area contributed by atoms with Crippen molar-refractivity contribution in [3.05, 3.63) is 59.2 Å². The standard InChI is InChI=1S/C22H31N3O4/c1-4-28-10-11-29-16-19-7-5-6-17(12-19)14-24-22(23)25-15-18-8-9-20(26-2)21(13-18)27-3/h5-9,12-13H,4,10-11,14-16H2,1-3H3,(H3,23,24,25). The number of nitrogens with one attached hydrogen (secondary N) is 1. The van der Waals surface area contributed by atoms with Gasteiger partial charge in [0.15, 0.2) is 17.5 Å². The average Bonchev–Trinajstić information content (AvgIpc) is 2.76. The molecule has 2 aromatic carbocycles. The van der Waals surface area contributed by atoms with Gasteiger partial charge in [0.2, 0.25) is 0 Å². The van der Waals surface area contributed by atoms with Crippen LogP contribution in [-0.2, 0) is 29.2 Å². The molecule has 29 heavy (non-hydrogen) atoms. The van der Waals surface area contributed by atoms with Gasteiger partial charge >= 0.3 is 0 Å². The molecule has 7 heteroatoms. The van der Waals surface area contributed by atoms with E-state index in [1.165, 1.54) is 0 Å². The average molecular weight is 402 g/mol. The maximum Gasteiger partial charge on any atom is 0.189 e. The summed E-state index contributed by atoms with van der Waals surface area (Å²) in [5.41, 5.74) is 9.20. The number of nitrogens with two attached hydrogens (primary N) is 1. The van der Waals surface area contributed by atoms with Gasteiger partial charge in [-0.3, -0.25) is 0 Å². The fourth-order valence-corrected chi connectivity index (χ4v) is 2.69. The molecule has 0 heterocycles. The van der Waals surface area contributed by atoms with E-state index in [-0.39, 0.29) is 0 Å². The Bertz CT molecular complexity index is 780. The van der Waals surface area contributed by atoms with E-state index in [2.05, 4.69) is 16.4 Å². The topological polar surface area (TPSA) is 87.3 Å². The van der Waals surface area contributed by atoms with Gasteiger partial charge in [-0.1, -0.05) is 30.3 Å². The molecule has 0 amide bonds. The monoisotopic (exact) mass is 401 g/mol. The van der Waals surface area contributed by atoms with Crippen LogP contribution in [0.4, 0.5) is 0 Å². The molecule has 0 bridgehead atoms. The zero-order valence-electron chi connectivity index (χ0n) is 17.4.